The number of amides is 2. The fourth-order valence-corrected chi connectivity index (χ4v) is 3.49. The van der Waals surface area contributed by atoms with Crippen molar-refractivity contribution >= 4 is 40.8 Å². The van der Waals surface area contributed by atoms with Crippen LogP contribution >= 0.6 is 12.2 Å². The van der Waals surface area contributed by atoms with E-state index in [1.165, 1.54) is 29.2 Å². The molecule has 2 aromatic rings. The number of thiocarbonyl (C=S) groups is 1. The molecule has 166 valence electrons. The molecule has 1 saturated heterocycles. The van der Waals surface area contributed by atoms with E-state index in [0.717, 1.165) is 5.56 Å². The second-order valence-corrected chi connectivity index (χ2v) is 7.27. The number of carbonyl (C=O) groups excluding carboxylic acids is 3. The molecule has 2 N–H and O–H groups in total. The Hall–Kier alpha value is -3.86. The number of nitro groups is 1. The Bertz CT molecular complexity index is 1050. The van der Waals surface area contributed by atoms with Crippen molar-refractivity contribution < 1.29 is 24.0 Å². The molecule has 0 aromatic heterocycles. The van der Waals surface area contributed by atoms with Crippen LogP contribution in [0.5, 0.6) is 0 Å². The summed E-state index contributed by atoms with van der Waals surface area (Å²) in [7, 11) is 0. The molecule has 0 radical (unpaired) electrons. The van der Waals surface area contributed by atoms with Crippen LogP contribution in [0.4, 0.5) is 5.69 Å². The highest BCUT2D eigenvalue weighted by Crippen LogP contribution is 2.18. The molecular formula is C21H20N4O6S. The fraction of sp³-hybridized carbons (Fsp3) is 0.238. The van der Waals surface area contributed by atoms with Gasteiger partial charge in [0.2, 0.25) is 5.91 Å². The smallest absolute Gasteiger partial charge is 0.308 e. The van der Waals surface area contributed by atoms with Gasteiger partial charge in [-0.2, -0.15) is 0 Å². The first kappa shape index (κ1) is 22.8. The van der Waals surface area contributed by atoms with Crippen molar-refractivity contribution in [2.24, 2.45) is 0 Å². The van der Waals surface area contributed by atoms with Crippen molar-refractivity contribution in [2.45, 2.75) is 19.1 Å². The van der Waals surface area contributed by atoms with E-state index in [2.05, 4.69) is 10.6 Å². The Morgan fingerprint density at radius 1 is 1.19 bits per heavy atom. The van der Waals surface area contributed by atoms with E-state index in [-0.39, 0.29) is 42.5 Å². The number of hydrogen-bond donors (Lipinski definition) is 2. The summed E-state index contributed by atoms with van der Waals surface area (Å²) in [5.41, 5.74) is 0.267. The minimum atomic E-state index is -0.981. The lowest BCUT2D eigenvalue weighted by atomic mass is 10.1. The minimum Gasteiger partial charge on any atom is -0.461 e. The SMILES string of the molecule is O=C(CC1C(=O)NCCN1C(=S)NC(=O)c1ccccc1[N+](=O)[O-])OCc1ccccc1. The second-order valence-electron chi connectivity index (χ2n) is 6.88. The van der Waals surface area contributed by atoms with E-state index >= 15 is 0 Å². The van der Waals surface area contributed by atoms with Gasteiger partial charge in [-0.3, -0.25) is 29.8 Å². The van der Waals surface area contributed by atoms with Crippen LogP contribution in [0.15, 0.2) is 54.6 Å². The first-order valence-corrected chi connectivity index (χ1v) is 10.1. The van der Waals surface area contributed by atoms with Crippen molar-refractivity contribution in [3.63, 3.8) is 0 Å². The van der Waals surface area contributed by atoms with Crippen molar-refractivity contribution in [1.29, 1.82) is 0 Å². The lowest BCUT2D eigenvalue weighted by Crippen LogP contribution is -2.60. The molecule has 0 bridgehead atoms. The number of ether oxygens (including phenoxy) is 1. The predicted molar refractivity (Wildman–Crippen MR) is 118 cm³/mol. The summed E-state index contributed by atoms with van der Waals surface area (Å²) in [6.07, 6.45) is -0.278. The standard InChI is InChI=1S/C21H20N4O6S/c26-18(31-13-14-6-2-1-3-7-14)12-17-20(28)22-10-11-24(17)21(32)23-19(27)15-8-4-5-9-16(15)25(29)30/h1-9,17H,10-13H2,(H,22,28)(H,23,27,32). The molecule has 1 aliphatic heterocycles. The maximum absolute atomic E-state index is 12.6. The summed E-state index contributed by atoms with van der Waals surface area (Å²) in [6.45, 7) is 0.571. The Balaban J connectivity index is 1.66. The highest BCUT2D eigenvalue weighted by Gasteiger charge is 2.34. The number of esters is 1. The number of nitrogens with one attached hydrogen (secondary N) is 2. The molecule has 11 heteroatoms. The molecule has 3 rings (SSSR count). The zero-order chi connectivity index (χ0) is 23.1. The number of piperazine rings is 1. The third-order valence-corrected chi connectivity index (χ3v) is 5.10. The van der Waals surface area contributed by atoms with E-state index in [1.807, 2.05) is 18.2 Å². The van der Waals surface area contributed by atoms with Crippen molar-refractivity contribution in [1.82, 2.24) is 15.5 Å². The predicted octanol–water partition coefficient (Wildman–Crippen LogP) is 1.54. The number of benzene rings is 2. The molecule has 2 amide bonds. The van der Waals surface area contributed by atoms with E-state index in [9.17, 15) is 24.5 Å². The maximum atomic E-state index is 12.6. The highest BCUT2D eigenvalue weighted by molar-refractivity contribution is 7.80. The number of carbonyl (C=O) groups is 3. The fourth-order valence-electron chi connectivity index (χ4n) is 3.18. The first-order chi connectivity index (χ1) is 15.4. The largest absolute Gasteiger partial charge is 0.461 e. The normalized spacial score (nSPS) is 15.4. The van der Waals surface area contributed by atoms with Gasteiger partial charge in [-0.05, 0) is 23.8 Å². The average molecular weight is 456 g/mol. The average Bonchev–Trinajstić information content (AvgIpc) is 2.79. The summed E-state index contributed by atoms with van der Waals surface area (Å²) in [4.78, 5) is 49.2. The van der Waals surface area contributed by atoms with Crippen molar-refractivity contribution in [3.05, 3.63) is 75.8 Å². The molecule has 0 saturated carbocycles. The van der Waals surface area contributed by atoms with Gasteiger partial charge >= 0.3 is 5.97 Å². The second kappa shape index (κ2) is 10.4. The highest BCUT2D eigenvalue weighted by atomic mass is 32.1. The van der Waals surface area contributed by atoms with Gasteiger partial charge in [-0.1, -0.05) is 42.5 Å². The first-order valence-electron chi connectivity index (χ1n) is 9.69. The molecule has 0 aliphatic carbocycles. The Morgan fingerprint density at radius 2 is 1.88 bits per heavy atom. The zero-order valence-corrected chi connectivity index (χ0v) is 17.7. The monoisotopic (exact) mass is 456 g/mol. The molecular weight excluding hydrogens is 436 g/mol. The van der Waals surface area contributed by atoms with Crippen LogP contribution in [-0.4, -0.2) is 51.9 Å². The molecule has 1 fully saturated rings. The third-order valence-electron chi connectivity index (χ3n) is 4.76. The topological polar surface area (TPSA) is 131 Å². The number of nitro benzene ring substituents is 1. The third kappa shape index (κ3) is 5.64. The Labute approximate surface area is 188 Å². The minimum absolute atomic E-state index is 0.0624. The lowest BCUT2D eigenvalue weighted by molar-refractivity contribution is -0.385. The maximum Gasteiger partial charge on any atom is 0.308 e. The van der Waals surface area contributed by atoms with Crippen LogP contribution in [0.2, 0.25) is 0 Å². The van der Waals surface area contributed by atoms with Crippen LogP contribution in [0.1, 0.15) is 22.3 Å². The number of rotatable bonds is 6. The Morgan fingerprint density at radius 3 is 2.59 bits per heavy atom. The molecule has 1 atom stereocenters. The summed E-state index contributed by atoms with van der Waals surface area (Å²) in [5.74, 6) is -1.82. The molecule has 1 aliphatic rings. The van der Waals surface area contributed by atoms with Gasteiger partial charge in [0.25, 0.3) is 11.6 Å². The van der Waals surface area contributed by atoms with Gasteiger partial charge in [0, 0.05) is 19.2 Å². The number of para-hydroxylation sites is 1. The van der Waals surface area contributed by atoms with Gasteiger partial charge < -0.3 is 15.0 Å². The molecule has 10 nitrogen and oxygen atoms in total. The summed E-state index contributed by atoms with van der Waals surface area (Å²) >= 11 is 5.28. The quantitative estimate of drug-likeness (QED) is 0.290. The van der Waals surface area contributed by atoms with Gasteiger partial charge in [-0.15, -0.1) is 0 Å². The molecule has 32 heavy (non-hydrogen) atoms. The molecule has 1 unspecified atom stereocenters. The summed E-state index contributed by atoms with van der Waals surface area (Å²) in [6, 6.07) is 13.6. The van der Waals surface area contributed by atoms with Crippen LogP contribution < -0.4 is 10.6 Å². The summed E-state index contributed by atoms with van der Waals surface area (Å²) in [5, 5.41) is 16.1. The van der Waals surface area contributed by atoms with E-state index < -0.39 is 28.7 Å². The van der Waals surface area contributed by atoms with Crippen molar-refractivity contribution in [3.8, 4) is 0 Å². The van der Waals surface area contributed by atoms with Gasteiger partial charge in [0.05, 0.1) is 11.3 Å². The van der Waals surface area contributed by atoms with Gasteiger partial charge in [0.1, 0.15) is 18.2 Å². The van der Waals surface area contributed by atoms with Crippen LogP contribution in [-0.2, 0) is 20.9 Å². The van der Waals surface area contributed by atoms with Gasteiger partial charge in [-0.25, -0.2) is 0 Å². The van der Waals surface area contributed by atoms with Gasteiger partial charge in [0.15, 0.2) is 5.11 Å². The number of hydrogen-bond acceptors (Lipinski definition) is 7. The number of nitrogens with zero attached hydrogens (tertiary/aromatic N) is 2. The van der Waals surface area contributed by atoms with Crippen molar-refractivity contribution in [2.75, 3.05) is 13.1 Å². The van der Waals surface area contributed by atoms with E-state index in [1.54, 1.807) is 12.1 Å². The summed E-state index contributed by atoms with van der Waals surface area (Å²) < 4.78 is 5.25. The van der Waals surface area contributed by atoms with Crippen LogP contribution in [0, 0.1) is 10.1 Å². The van der Waals surface area contributed by atoms with Crippen LogP contribution in [0.3, 0.4) is 0 Å². The molecule has 0 spiro atoms. The van der Waals surface area contributed by atoms with Crippen LogP contribution in [0.25, 0.3) is 0 Å². The molecule has 1 heterocycles. The zero-order valence-electron chi connectivity index (χ0n) is 16.9. The van der Waals surface area contributed by atoms with E-state index in [0.29, 0.717) is 0 Å². The lowest BCUT2D eigenvalue weighted by Gasteiger charge is -2.36. The molecule has 2 aromatic carbocycles. The van der Waals surface area contributed by atoms with E-state index in [4.69, 9.17) is 17.0 Å². The Kier molecular flexibility index (Phi) is 7.45.